The summed E-state index contributed by atoms with van der Waals surface area (Å²) in [7, 11) is 1.58. The molecular weight excluding hydrogens is 587 g/mol. The van der Waals surface area contributed by atoms with Crippen LogP contribution in [-0.2, 0) is 18.0 Å². The van der Waals surface area contributed by atoms with Gasteiger partial charge in [0.2, 0.25) is 0 Å². The topological polar surface area (TPSA) is 108 Å². The monoisotopic (exact) mass is 614 g/mol. The predicted molar refractivity (Wildman–Crippen MR) is 160 cm³/mol. The van der Waals surface area contributed by atoms with E-state index in [2.05, 4.69) is 53.6 Å². The molecule has 4 rings (SSSR count). The smallest absolute Gasteiger partial charge is 0.277 e. The van der Waals surface area contributed by atoms with Crippen LogP contribution in [0.1, 0.15) is 33.7 Å². The standard InChI is InChI=1S/C29H28Cl2N4O5S/c1-17-9-18(2)22(19(3)10-17)14-38-25-7-5-20(11-26(25)37-4)13-32-33-27(36)16-41-29-35-34-28(40-29)15-39-24-8-6-21(30)12-23(24)31/h5-13H,14-16H2,1-4H3,(H,33,36)/b32-13-. The second-order valence-electron chi connectivity index (χ2n) is 8.98. The van der Waals surface area contributed by atoms with Gasteiger partial charge in [-0.25, -0.2) is 5.43 Å². The number of hydrogen-bond acceptors (Lipinski definition) is 9. The van der Waals surface area contributed by atoms with Crippen molar-refractivity contribution in [3.63, 3.8) is 0 Å². The first-order valence-electron chi connectivity index (χ1n) is 12.4. The molecule has 0 spiro atoms. The molecule has 1 aromatic heterocycles. The van der Waals surface area contributed by atoms with E-state index in [0.29, 0.717) is 33.9 Å². The van der Waals surface area contributed by atoms with Gasteiger partial charge in [0.15, 0.2) is 18.1 Å². The molecule has 41 heavy (non-hydrogen) atoms. The third-order valence-corrected chi connectivity index (χ3v) is 7.17. The second kappa shape index (κ2) is 14.2. The van der Waals surface area contributed by atoms with E-state index in [9.17, 15) is 4.79 Å². The number of aryl methyl sites for hydroxylation is 3. The summed E-state index contributed by atoms with van der Waals surface area (Å²) in [5, 5.41) is 12.9. The Morgan fingerprint density at radius 1 is 0.976 bits per heavy atom. The van der Waals surface area contributed by atoms with Crippen molar-refractivity contribution in [2.24, 2.45) is 5.10 Å². The Balaban J connectivity index is 1.24. The third-order valence-electron chi connectivity index (χ3n) is 5.82. The van der Waals surface area contributed by atoms with Crippen LogP contribution in [0, 0.1) is 20.8 Å². The average Bonchev–Trinajstić information content (AvgIpc) is 3.39. The van der Waals surface area contributed by atoms with Gasteiger partial charge in [0, 0.05) is 5.02 Å². The van der Waals surface area contributed by atoms with Crippen molar-refractivity contribution in [2.75, 3.05) is 12.9 Å². The molecule has 0 atom stereocenters. The molecule has 1 amide bonds. The lowest BCUT2D eigenvalue weighted by Gasteiger charge is -2.15. The summed E-state index contributed by atoms with van der Waals surface area (Å²) < 4.78 is 22.6. The van der Waals surface area contributed by atoms with Crippen LogP contribution in [0.3, 0.4) is 0 Å². The number of methoxy groups -OCH3 is 1. The molecule has 214 valence electrons. The quantitative estimate of drug-likeness (QED) is 0.106. The van der Waals surface area contributed by atoms with E-state index in [-0.39, 0.29) is 29.4 Å². The van der Waals surface area contributed by atoms with Gasteiger partial charge in [0.1, 0.15) is 12.4 Å². The minimum absolute atomic E-state index is 0.0178. The number of aromatic nitrogens is 2. The van der Waals surface area contributed by atoms with Crippen LogP contribution in [0.15, 0.2) is 63.3 Å². The fourth-order valence-electron chi connectivity index (χ4n) is 3.90. The largest absolute Gasteiger partial charge is 0.493 e. The van der Waals surface area contributed by atoms with Gasteiger partial charge >= 0.3 is 0 Å². The minimum atomic E-state index is -0.342. The molecule has 0 aliphatic heterocycles. The fraction of sp³-hybridized carbons (Fsp3) is 0.241. The van der Waals surface area contributed by atoms with Gasteiger partial charge in [0.05, 0.1) is 24.1 Å². The Kier molecular flexibility index (Phi) is 10.5. The molecular formula is C29H28Cl2N4O5S. The van der Waals surface area contributed by atoms with Crippen LogP contribution in [0.5, 0.6) is 17.2 Å². The Bertz CT molecular complexity index is 1540. The lowest BCUT2D eigenvalue weighted by Crippen LogP contribution is -2.19. The summed E-state index contributed by atoms with van der Waals surface area (Å²) in [6.45, 7) is 6.69. The lowest BCUT2D eigenvalue weighted by molar-refractivity contribution is -0.118. The number of carbonyl (C=O) groups is 1. The molecule has 0 unspecified atom stereocenters. The number of halogens is 2. The van der Waals surface area contributed by atoms with E-state index in [4.69, 9.17) is 41.8 Å². The number of hydrazone groups is 1. The van der Waals surface area contributed by atoms with Crippen molar-refractivity contribution in [1.82, 2.24) is 15.6 Å². The van der Waals surface area contributed by atoms with Crippen LogP contribution in [-0.4, -0.2) is 35.2 Å². The number of amides is 1. The molecule has 0 aliphatic carbocycles. The summed E-state index contributed by atoms with van der Waals surface area (Å²) >= 11 is 13.0. The number of ether oxygens (including phenoxy) is 3. The van der Waals surface area contributed by atoms with Crippen molar-refractivity contribution in [1.29, 1.82) is 0 Å². The molecule has 3 aromatic carbocycles. The number of carbonyl (C=O) groups excluding carboxylic acids is 1. The number of rotatable bonds is 12. The molecule has 4 aromatic rings. The van der Waals surface area contributed by atoms with Gasteiger partial charge in [-0.2, -0.15) is 5.10 Å². The van der Waals surface area contributed by atoms with Crippen LogP contribution in [0.25, 0.3) is 0 Å². The lowest BCUT2D eigenvalue weighted by atomic mass is 10.0. The Labute approximate surface area is 252 Å². The zero-order chi connectivity index (χ0) is 29.4. The first-order valence-corrected chi connectivity index (χ1v) is 14.2. The normalized spacial score (nSPS) is 11.1. The van der Waals surface area contributed by atoms with Gasteiger partial charge in [0.25, 0.3) is 17.0 Å². The summed E-state index contributed by atoms with van der Waals surface area (Å²) in [6.07, 6.45) is 1.52. The van der Waals surface area contributed by atoms with Gasteiger partial charge < -0.3 is 18.6 Å². The van der Waals surface area contributed by atoms with Gasteiger partial charge in [-0.3, -0.25) is 4.79 Å². The van der Waals surface area contributed by atoms with E-state index >= 15 is 0 Å². The maximum atomic E-state index is 12.2. The number of hydrogen-bond donors (Lipinski definition) is 1. The average molecular weight is 616 g/mol. The molecule has 9 nitrogen and oxygen atoms in total. The molecule has 0 radical (unpaired) electrons. The van der Waals surface area contributed by atoms with Crippen molar-refractivity contribution >= 4 is 47.1 Å². The van der Waals surface area contributed by atoms with Gasteiger partial charge in [-0.05, 0) is 79.4 Å². The van der Waals surface area contributed by atoms with Crippen molar-refractivity contribution in [3.05, 3.63) is 92.3 Å². The van der Waals surface area contributed by atoms with E-state index in [1.807, 2.05) is 12.1 Å². The van der Waals surface area contributed by atoms with E-state index in [0.717, 1.165) is 22.9 Å². The molecule has 12 heteroatoms. The van der Waals surface area contributed by atoms with Gasteiger partial charge in [-0.15, -0.1) is 10.2 Å². The molecule has 0 aliphatic rings. The Hall–Kier alpha value is -3.73. The summed E-state index contributed by atoms with van der Waals surface area (Å²) in [6, 6.07) is 14.6. The fourth-order valence-corrected chi connectivity index (χ4v) is 4.93. The highest BCUT2D eigenvalue weighted by atomic mass is 35.5. The molecule has 0 fully saturated rings. The van der Waals surface area contributed by atoms with Crippen molar-refractivity contribution in [3.8, 4) is 17.2 Å². The summed E-state index contributed by atoms with van der Waals surface area (Å²) in [5.74, 6) is 1.54. The minimum Gasteiger partial charge on any atom is -0.493 e. The first-order chi connectivity index (χ1) is 19.7. The number of thioether (sulfide) groups is 1. The van der Waals surface area contributed by atoms with Crippen LogP contribution < -0.4 is 19.6 Å². The highest BCUT2D eigenvalue weighted by molar-refractivity contribution is 7.99. The van der Waals surface area contributed by atoms with Crippen molar-refractivity contribution in [2.45, 2.75) is 39.2 Å². The van der Waals surface area contributed by atoms with Crippen LogP contribution in [0.4, 0.5) is 0 Å². The Morgan fingerprint density at radius 3 is 2.44 bits per heavy atom. The third kappa shape index (κ3) is 8.63. The molecule has 0 saturated carbocycles. The zero-order valence-corrected chi connectivity index (χ0v) is 25.2. The number of nitrogens with one attached hydrogen (secondary N) is 1. The SMILES string of the molecule is COc1cc(/C=N\NC(=O)CSc2nnc(COc3ccc(Cl)cc3Cl)o2)ccc1OCc1c(C)cc(C)cc1C. The summed E-state index contributed by atoms with van der Waals surface area (Å²) in [5.41, 5.74) is 7.96. The number of benzene rings is 3. The predicted octanol–water partition coefficient (Wildman–Crippen LogP) is 6.71. The van der Waals surface area contributed by atoms with Crippen molar-refractivity contribution < 1.29 is 23.4 Å². The van der Waals surface area contributed by atoms with E-state index < -0.39 is 0 Å². The highest BCUT2D eigenvalue weighted by Crippen LogP contribution is 2.30. The van der Waals surface area contributed by atoms with Crippen LogP contribution in [0.2, 0.25) is 10.0 Å². The first kappa shape index (κ1) is 30.2. The molecule has 1 heterocycles. The maximum absolute atomic E-state index is 12.2. The highest BCUT2D eigenvalue weighted by Gasteiger charge is 2.12. The van der Waals surface area contributed by atoms with Gasteiger partial charge in [-0.1, -0.05) is 52.7 Å². The van der Waals surface area contributed by atoms with Crippen LogP contribution >= 0.6 is 35.0 Å². The molecule has 0 bridgehead atoms. The Morgan fingerprint density at radius 2 is 1.71 bits per heavy atom. The number of nitrogens with zero attached hydrogens (tertiary/aromatic N) is 3. The summed E-state index contributed by atoms with van der Waals surface area (Å²) in [4.78, 5) is 12.2. The van der Waals surface area contributed by atoms with E-state index in [1.165, 1.54) is 22.9 Å². The zero-order valence-electron chi connectivity index (χ0n) is 22.9. The molecule has 1 N–H and O–H groups in total. The van der Waals surface area contributed by atoms with E-state index in [1.54, 1.807) is 31.4 Å². The maximum Gasteiger partial charge on any atom is 0.277 e. The molecule has 0 saturated heterocycles. The second-order valence-corrected chi connectivity index (χ2v) is 10.8.